The van der Waals surface area contributed by atoms with Crippen LogP contribution in [0.5, 0.6) is 0 Å². The SMILES string of the molecule is CCNC(=NCCC1CCN(CC)CC1)NC1CCN(CC(=O)NC)CC1. The van der Waals surface area contributed by atoms with Crippen molar-refractivity contribution >= 4 is 11.9 Å². The number of nitrogens with one attached hydrogen (secondary N) is 3. The number of aliphatic imine (C=N–C) groups is 1. The molecule has 3 N–H and O–H groups in total. The van der Waals surface area contributed by atoms with Crippen LogP contribution in [0.1, 0.15) is 46.0 Å². The van der Waals surface area contributed by atoms with Gasteiger partial charge in [-0.05, 0) is 64.6 Å². The molecular formula is C20H40N6O. The summed E-state index contributed by atoms with van der Waals surface area (Å²) in [6.45, 7) is 12.3. The topological polar surface area (TPSA) is 72.0 Å². The Hall–Kier alpha value is -1.34. The van der Waals surface area contributed by atoms with E-state index in [2.05, 4.69) is 39.6 Å². The summed E-state index contributed by atoms with van der Waals surface area (Å²) >= 11 is 0. The van der Waals surface area contributed by atoms with Gasteiger partial charge < -0.3 is 20.9 Å². The summed E-state index contributed by atoms with van der Waals surface area (Å²) in [4.78, 5) is 21.1. The molecule has 27 heavy (non-hydrogen) atoms. The van der Waals surface area contributed by atoms with Crippen molar-refractivity contribution in [3.05, 3.63) is 0 Å². The van der Waals surface area contributed by atoms with Crippen molar-refractivity contribution in [3.8, 4) is 0 Å². The Bertz CT molecular complexity index is 453. The molecule has 2 aliphatic heterocycles. The normalized spacial score (nSPS) is 21.2. The molecule has 0 aromatic rings. The van der Waals surface area contributed by atoms with Crippen molar-refractivity contribution in [2.75, 3.05) is 59.4 Å². The molecular weight excluding hydrogens is 340 g/mol. The molecule has 7 heteroatoms. The van der Waals surface area contributed by atoms with Crippen molar-refractivity contribution in [2.45, 2.75) is 52.0 Å². The maximum Gasteiger partial charge on any atom is 0.233 e. The third-order valence-corrected chi connectivity index (χ3v) is 5.88. The number of hydrogen-bond donors (Lipinski definition) is 3. The lowest BCUT2D eigenvalue weighted by atomic mass is 9.94. The summed E-state index contributed by atoms with van der Waals surface area (Å²) in [6.07, 6.45) is 5.93. The molecule has 2 heterocycles. The zero-order valence-electron chi connectivity index (χ0n) is 17.6. The zero-order chi connectivity index (χ0) is 19.5. The Balaban J connectivity index is 1.70. The van der Waals surface area contributed by atoms with Crippen LogP contribution >= 0.6 is 0 Å². The predicted octanol–water partition coefficient (Wildman–Crippen LogP) is 0.874. The van der Waals surface area contributed by atoms with E-state index >= 15 is 0 Å². The summed E-state index contributed by atoms with van der Waals surface area (Å²) in [5.74, 6) is 1.88. The fraction of sp³-hybridized carbons (Fsp3) is 0.900. The van der Waals surface area contributed by atoms with Gasteiger partial charge in [-0.1, -0.05) is 6.92 Å². The molecule has 0 aromatic heterocycles. The minimum absolute atomic E-state index is 0.0982. The molecule has 0 radical (unpaired) electrons. The van der Waals surface area contributed by atoms with Crippen LogP contribution in [0.4, 0.5) is 0 Å². The molecule has 156 valence electrons. The van der Waals surface area contributed by atoms with Crippen molar-refractivity contribution in [1.29, 1.82) is 0 Å². The number of guanidine groups is 1. The van der Waals surface area contributed by atoms with Crippen LogP contribution in [-0.2, 0) is 4.79 Å². The number of likely N-dealkylation sites (N-methyl/N-ethyl adjacent to an activating group) is 1. The second kappa shape index (κ2) is 12.2. The van der Waals surface area contributed by atoms with Gasteiger partial charge in [-0.2, -0.15) is 0 Å². The first-order chi connectivity index (χ1) is 13.1. The van der Waals surface area contributed by atoms with E-state index in [1.54, 1.807) is 7.05 Å². The predicted molar refractivity (Wildman–Crippen MR) is 112 cm³/mol. The number of nitrogens with zero attached hydrogens (tertiary/aromatic N) is 3. The van der Waals surface area contributed by atoms with Crippen LogP contribution in [0.2, 0.25) is 0 Å². The van der Waals surface area contributed by atoms with Gasteiger partial charge in [0.05, 0.1) is 6.54 Å². The quantitative estimate of drug-likeness (QED) is 0.431. The molecule has 2 fully saturated rings. The highest BCUT2D eigenvalue weighted by molar-refractivity contribution is 5.80. The highest BCUT2D eigenvalue weighted by Gasteiger charge is 2.21. The fourth-order valence-corrected chi connectivity index (χ4v) is 3.98. The smallest absolute Gasteiger partial charge is 0.233 e. The maximum absolute atomic E-state index is 11.5. The van der Waals surface area contributed by atoms with Gasteiger partial charge in [-0.25, -0.2) is 0 Å². The van der Waals surface area contributed by atoms with Gasteiger partial charge >= 0.3 is 0 Å². The fourth-order valence-electron chi connectivity index (χ4n) is 3.98. The summed E-state index contributed by atoms with van der Waals surface area (Å²) in [7, 11) is 1.70. The van der Waals surface area contributed by atoms with Crippen LogP contribution < -0.4 is 16.0 Å². The van der Waals surface area contributed by atoms with Gasteiger partial charge in [0.25, 0.3) is 0 Å². The first-order valence-corrected chi connectivity index (χ1v) is 10.8. The van der Waals surface area contributed by atoms with E-state index in [-0.39, 0.29) is 5.91 Å². The van der Waals surface area contributed by atoms with Gasteiger partial charge in [0.2, 0.25) is 5.91 Å². The van der Waals surface area contributed by atoms with Gasteiger partial charge in [0.15, 0.2) is 5.96 Å². The first-order valence-electron chi connectivity index (χ1n) is 10.8. The number of carbonyl (C=O) groups excluding carboxylic acids is 1. The van der Waals surface area contributed by atoms with Crippen LogP contribution in [0, 0.1) is 5.92 Å². The number of hydrogen-bond acceptors (Lipinski definition) is 4. The average Bonchev–Trinajstić information content (AvgIpc) is 2.70. The number of amides is 1. The monoisotopic (exact) mass is 380 g/mol. The minimum atomic E-state index is 0.0982. The Morgan fingerprint density at radius 1 is 1.04 bits per heavy atom. The van der Waals surface area contributed by atoms with E-state index in [4.69, 9.17) is 4.99 Å². The Kier molecular flexibility index (Phi) is 9.91. The van der Waals surface area contributed by atoms with E-state index in [1.807, 2.05) is 0 Å². The van der Waals surface area contributed by atoms with Crippen LogP contribution in [0.15, 0.2) is 4.99 Å². The van der Waals surface area contributed by atoms with E-state index < -0.39 is 0 Å². The molecule has 0 unspecified atom stereocenters. The highest BCUT2D eigenvalue weighted by Crippen LogP contribution is 2.20. The second-order valence-corrected chi connectivity index (χ2v) is 7.79. The Morgan fingerprint density at radius 3 is 2.30 bits per heavy atom. The Labute approximate surface area is 165 Å². The summed E-state index contributed by atoms with van der Waals surface area (Å²) in [6, 6.07) is 0.441. The number of carbonyl (C=O) groups is 1. The van der Waals surface area contributed by atoms with Crippen molar-refractivity contribution < 1.29 is 4.79 Å². The first kappa shape index (κ1) is 22.0. The third-order valence-electron chi connectivity index (χ3n) is 5.88. The summed E-state index contributed by atoms with van der Waals surface area (Å²) in [5, 5.41) is 9.69. The van der Waals surface area contributed by atoms with E-state index in [0.717, 1.165) is 50.9 Å². The number of piperidine rings is 2. The molecule has 2 saturated heterocycles. The molecule has 0 spiro atoms. The average molecular weight is 381 g/mol. The zero-order valence-corrected chi connectivity index (χ0v) is 17.6. The number of rotatable bonds is 8. The van der Waals surface area contributed by atoms with Crippen molar-refractivity contribution in [2.24, 2.45) is 10.9 Å². The molecule has 0 atom stereocenters. The third kappa shape index (κ3) is 8.05. The lowest BCUT2D eigenvalue weighted by Gasteiger charge is -2.32. The maximum atomic E-state index is 11.5. The van der Waals surface area contributed by atoms with Crippen LogP contribution in [0.3, 0.4) is 0 Å². The lowest BCUT2D eigenvalue weighted by Crippen LogP contribution is -2.50. The highest BCUT2D eigenvalue weighted by atomic mass is 16.1. The molecule has 2 aliphatic rings. The van der Waals surface area contributed by atoms with E-state index in [1.165, 1.54) is 38.9 Å². The van der Waals surface area contributed by atoms with E-state index in [9.17, 15) is 4.79 Å². The van der Waals surface area contributed by atoms with Gasteiger partial charge in [0, 0.05) is 39.3 Å². The van der Waals surface area contributed by atoms with Crippen LogP contribution in [-0.4, -0.2) is 87.1 Å². The molecule has 0 bridgehead atoms. The summed E-state index contributed by atoms with van der Waals surface area (Å²) in [5.41, 5.74) is 0. The molecule has 0 aliphatic carbocycles. The lowest BCUT2D eigenvalue weighted by molar-refractivity contribution is -0.122. The standard InChI is InChI=1S/C20H40N6O/c1-4-22-20(23-11-6-17-7-12-25(5-2)13-8-17)24-18-9-14-26(15-10-18)16-19(27)21-3/h17-18H,4-16H2,1-3H3,(H,21,27)(H2,22,23,24). The molecule has 7 nitrogen and oxygen atoms in total. The largest absolute Gasteiger partial charge is 0.358 e. The minimum Gasteiger partial charge on any atom is -0.358 e. The van der Waals surface area contributed by atoms with Crippen molar-refractivity contribution in [1.82, 2.24) is 25.8 Å². The molecule has 0 aromatic carbocycles. The van der Waals surface area contributed by atoms with E-state index in [0.29, 0.717) is 12.6 Å². The summed E-state index contributed by atoms with van der Waals surface area (Å²) < 4.78 is 0. The second-order valence-electron chi connectivity index (χ2n) is 7.79. The van der Waals surface area contributed by atoms with Gasteiger partial charge in [-0.3, -0.25) is 14.7 Å². The molecule has 1 amide bonds. The van der Waals surface area contributed by atoms with Crippen molar-refractivity contribution in [3.63, 3.8) is 0 Å². The van der Waals surface area contributed by atoms with Gasteiger partial charge in [-0.15, -0.1) is 0 Å². The Morgan fingerprint density at radius 2 is 1.70 bits per heavy atom. The molecule has 0 saturated carbocycles. The van der Waals surface area contributed by atoms with Gasteiger partial charge in [0.1, 0.15) is 0 Å². The number of likely N-dealkylation sites (tertiary alicyclic amines) is 2. The molecule has 2 rings (SSSR count). The van der Waals surface area contributed by atoms with Crippen LogP contribution in [0.25, 0.3) is 0 Å².